The third kappa shape index (κ3) is 3.02. The number of hydrogen-bond donors (Lipinski definition) is 0. The lowest BCUT2D eigenvalue weighted by molar-refractivity contribution is 0.949. The molecule has 1 saturated heterocycles. The largest absolute Gasteiger partial charge is 0.372 e. The summed E-state index contributed by atoms with van der Waals surface area (Å²) in [6.45, 7) is 2.41. The van der Waals surface area contributed by atoms with E-state index in [-0.39, 0.29) is 0 Å². The molecule has 0 bridgehead atoms. The van der Waals surface area contributed by atoms with Gasteiger partial charge in [0, 0.05) is 24.7 Å². The minimum atomic E-state index is 0.697. The summed E-state index contributed by atoms with van der Waals surface area (Å²) in [5.41, 5.74) is 2.63. The van der Waals surface area contributed by atoms with Crippen LogP contribution in [0.1, 0.15) is 24.8 Å². The summed E-state index contributed by atoms with van der Waals surface area (Å²) in [7, 11) is 0. The first-order valence-corrected chi connectivity index (χ1v) is 6.51. The summed E-state index contributed by atoms with van der Waals surface area (Å²) in [5, 5.41) is 0. The second kappa shape index (κ2) is 5.95. The molecule has 1 aromatic carbocycles. The molecule has 16 heavy (non-hydrogen) atoms. The van der Waals surface area contributed by atoms with Gasteiger partial charge in [-0.15, -0.1) is 11.6 Å². The highest BCUT2D eigenvalue weighted by Crippen LogP contribution is 2.21. The molecule has 0 radical (unpaired) electrons. The maximum Gasteiger partial charge on any atom is 0.0372 e. The van der Waals surface area contributed by atoms with E-state index in [1.165, 1.54) is 37.2 Å². The molecular formula is C14H18ClN. The van der Waals surface area contributed by atoms with Gasteiger partial charge in [-0.3, -0.25) is 0 Å². The molecule has 1 aliphatic rings. The Morgan fingerprint density at radius 3 is 2.81 bits per heavy atom. The van der Waals surface area contributed by atoms with E-state index in [1.807, 2.05) is 0 Å². The van der Waals surface area contributed by atoms with Crippen LogP contribution in [0.2, 0.25) is 0 Å². The van der Waals surface area contributed by atoms with E-state index in [2.05, 4.69) is 41.3 Å². The van der Waals surface area contributed by atoms with Gasteiger partial charge in [-0.1, -0.05) is 24.3 Å². The smallest absolute Gasteiger partial charge is 0.0372 e. The minimum Gasteiger partial charge on any atom is -0.372 e. The lowest BCUT2D eigenvalue weighted by atomic mass is 10.1. The van der Waals surface area contributed by atoms with E-state index in [1.54, 1.807) is 0 Å². The number of benzene rings is 1. The van der Waals surface area contributed by atoms with E-state index in [0.29, 0.717) is 5.88 Å². The molecule has 0 spiro atoms. The van der Waals surface area contributed by atoms with Crippen molar-refractivity contribution in [3.05, 3.63) is 35.9 Å². The first-order chi connectivity index (χ1) is 7.90. The molecule has 2 rings (SSSR count). The first kappa shape index (κ1) is 11.5. The molecule has 1 fully saturated rings. The number of alkyl halides is 1. The number of anilines is 1. The SMILES string of the molecule is ClCCC=Cc1cccc(N2CCCC2)c1. The van der Waals surface area contributed by atoms with Gasteiger partial charge in [0.1, 0.15) is 0 Å². The van der Waals surface area contributed by atoms with Gasteiger partial charge >= 0.3 is 0 Å². The molecule has 0 aromatic heterocycles. The number of halogens is 1. The number of nitrogens with zero attached hydrogens (tertiary/aromatic N) is 1. The van der Waals surface area contributed by atoms with Crippen molar-refractivity contribution in [2.45, 2.75) is 19.3 Å². The fourth-order valence-corrected chi connectivity index (χ4v) is 2.21. The normalized spacial score (nSPS) is 16.2. The summed E-state index contributed by atoms with van der Waals surface area (Å²) in [6, 6.07) is 8.73. The van der Waals surface area contributed by atoms with E-state index < -0.39 is 0 Å². The Balaban J connectivity index is 2.06. The second-order valence-electron chi connectivity index (χ2n) is 4.17. The zero-order chi connectivity index (χ0) is 11.2. The molecular weight excluding hydrogens is 218 g/mol. The standard InChI is InChI=1S/C14H18ClN/c15-9-2-1-6-13-7-5-8-14(12-13)16-10-3-4-11-16/h1,5-8,12H,2-4,9-11H2. The highest BCUT2D eigenvalue weighted by molar-refractivity contribution is 6.17. The van der Waals surface area contributed by atoms with Crippen LogP contribution in [0, 0.1) is 0 Å². The van der Waals surface area contributed by atoms with Crippen LogP contribution in [0.3, 0.4) is 0 Å². The molecule has 0 N–H and O–H groups in total. The summed E-state index contributed by atoms with van der Waals surface area (Å²) in [4.78, 5) is 2.46. The summed E-state index contributed by atoms with van der Waals surface area (Å²) in [6.07, 6.45) is 7.88. The van der Waals surface area contributed by atoms with Crippen LogP contribution in [0.5, 0.6) is 0 Å². The Morgan fingerprint density at radius 2 is 2.06 bits per heavy atom. The van der Waals surface area contributed by atoms with Crippen LogP contribution in [-0.4, -0.2) is 19.0 Å². The molecule has 0 atom stereocenters. The second-order valence-corrected chi connectivity index (χ2v) is 4.55. The average molecular weight is 236 g/mol. The summed E-state index contributed by atoms with van der Waals surface area (Å²) >= 11 is 5.64. The van der Waals surface area contributed by atoms with Gasteiger partial charge in [-0.2, -0.15) is 0 Å². The van der Waals surface area contributed by atoms with Crippen molar-refractivity contribution in [3.63, 3.8) is 0 Å². The van der Waals surface area contributed by atoms with E-state index in [0.717, 1.165) is 6.42 Å². The molecule has 86 valence electrons. The van der Waals surface area contributed by atoms with E-state index in [9.17, 15) is 0 Å². The Labute approximate surface area is 103 Å². The molecule has 0 saturated carbocycles. The van der Waals surface area contributed by atoms with E-state index in [4.69, 9.17) is 11.6 Å². The van der Waals surface area contributed by atoms with Crippen molar-refractivity contribution in [2.24, 2.45) is 0 Å². The predicted molar refractivity (Wildman–Crippen MR) is 72.3 cm³/mol. The van der Waals surface area contributed by atoms with Crippen molar-refractivity contribution in [1.29, 1.82) is 0 Å². The van der Waals surface area contributed by atoms with Crippen molar-refractivity contribution >= 4 is 23.4 Å². The van der Waals surface area contributed by atoms with Crippen molar-refractivity contribution in [3.8, 4) is 0 Å². The molecule has 0 aliphatic carbocycles. The fraction of sp³-hybridized carbons (Fsp3) is 0.429. The number of rotatable bonds is 4. The Kier molecular flexibility index (Phi) is 4.29. The van der Waals surface area contributed by atoms with Gasteiger partial charge in [0.15, 0.2) is 0 Å². The zero-order valence-corrected chi connectivity index (χ0v) is 10.3. The van der Waals surface area contributed by atoms with E-state index >= 15 is 0 Å². The highest BCUT2D eigenvalue weighted by atomic mass is 35.5. The third-order valence-corrected chi connectivity index (χ3v) is 3.15. The lowest BCUT2D eigenvalue weighted by Crippen LogP contribution is -2.17. The number of allylic oxidation sites excluding steroid dienone is 1. The van der Waals surface area contributed by atoms with Crippen molar-refractivity contribution in [2.75, 3.05) is 23.9 Å². The molecule has 1 nitrogen and oxygen atoms in total. The predicted octanol–water partition coefficient (Wildman–Crippen LogP) is 3.93. The molecule has 0 unspecified atom stereocenters. The van der Waals surface area contributed by atoms with Gasteiger partial charge < -0.3 is 4.90 Å². The highest BCUT2D eigenvalue weighted by Gasteiger charge is 2.11. The minimum absolute atomic E-state index is 0.697. The maximum atomic E-state index is 5.64. The Bertz CT molecular complexity index is 354. The van der Waals surface area contributed by atoms with Crippen LogP contribution in [0.15, 0.2) is 30.3 Å². The quantitative estimate of drug-likeness (QED) is 0.715. The Hall–Kier alpha value is -0.950. The van der Waals surface area contributed by atoms with Crippen LogP contribution in [0.4, 0.5) is 5.69 Å². The van der Waals surface area contributed by atoms with Crippen LogP contribution >= 0.6 is 11.6 Å². The van der Waals surface area contributed by atoms with Gasteiger partial charge in [0.2, 0.25) is 0 Å². The molecule has 1 aromatic rings. The molecule has 1 heterocycles. The van der Waals surface area contributed by atoms with Crippen LogP contribution < -0.4 is 4.90 Å². The van der Waals surface area contributed by atoms with Crippen molar-refractivity contribution in [1.82, 2.24) is 0 Å². The first-order valence-electron chi connectivity index (χ1n) is 5.97. The van der Waals surface area contributed by atoms with Crippen LogP contribution in [-0.2, 0) is 0 Å². The topological polar surface area (TPSA) is 3.24 Å². The van der Waals surface area contributed by atoms with Crippen molar-refractivity contribution < 1.29 is 0 Å². The van der Waals surface area contributed by atoms with Gasteiger partial charge in [0.05, 0.1) is 0 Å². The van der Waals surface area contributed by atoms with Gasteiger partial charge in [-0.25, -0.2) is 0 Å². The zero-order valence-electron chi connectivity index (χ0n) is 9.53. The number of hydrogen-bond acceptors (Lipinski definition) is 1. The van der Waals surface area contributed by atoms with Gasteiger partial charge in [0.25, 0.3) is 0 Å². The molecule has 1 aliphatic heterocycles. The maximum absolute atomic E-state index is 5.64. The molecule has 0 amide bonds. The average Bonchev–Trinajstić information content (AvgIpc) is 2.83. The summed E-state index contributed by atoms with van der Waals surface area (Å²) in [5.74, 6) is 0.697. The van der Waals surface area contributed by atoms with Gasteiger partial charge in [-0.05, 0) is 37.0 Å². The monoisotopic (exact) mass is 235 g/mol. The lowest BCUT2D eigenvalue weighted by Gasteiger charge is -2.17. The molecule has 2 heteroatoms. The Morgan fingerprint density at radius 1 is 1.25 bits per heavy atom. The fourth-order valence-electron chi connectivity index (χ4n) is 2.08. The summed E-state index contributed by atoms with van der Waals surface area (Å²) < 4.78 is 0. The van der Waals surface area contributed by atoms with Crippen LogP contribution in [0.25, 0.3) is 6.08 Å². The third-order valence-electron chi connectivity index (χ3n) is 2.93.